The van der Waals surface area contributed by atoms with E-state index in [1.54, 1.807) is 0 Å². The maximum atomic E-state index is 3.24. The van der Waals surface area contributed by atoms with E-state index in [0.29, 0.717) is 5.92 Å². The van der Waals surface area contributed by atoms with Gasteiger partial charge in [0.25, 0.3) is 0 Å². The summed E-state index contributed by atoms with van der Waals surface area (Å²) in [5, 5.41) is 0. The molecule has 0 radical (unpaired) electrons. The van der Waals surface area contributed by atoms with Gasteiger partial charge in [0, 0.05) is 12.0 Å². The Morgan fingerprint density at radius 3 is 2.57 bits per heavy atom. The van der Waals surface area contributed by atoms with Crippen molar-refractivity contribution in [1.82, 2.24) is 0 Å². The highest BCUT2D eigenvalue weighted by atomic mass is 14.0. The van der Waals surface area contributed by atoms with Gasteiger partial charge in [0.1, 0.15) is 0 Å². The highest BCUT2D eigenvalue weighted by molar-refractivity contribution is 5.42. The van der Waals surface area contributed by atoms with Crippen molar-refractivity contribution in [1.29, 1.82) is 0 Å². The predicted molar refractivity (Wildman–Crippen MR) is 62.2 cm³/mol. The molecule has 0 aromatic heterocycles. The monoisotopic (exact) mass is 186 g/mol. The number of rotatable bonds is 1. The third-order valence-electron chi connectivity index (χ3n) is 2.13. The minimum atomic E-state index is 0.660. The van der Waals surface area contributed by atoms with Crippen LogP contribution in [0.5, 0.6) is 0 Å². The van der Waals surface area contributed by atoms with Gasteiger partial charge in [-0.3, -0.25) is 0 Å². The second-order valence-electron chi connectivity index (χ2n) is 4.22. The van der Waals surface area contributed by atoms with E-state index in [1.807, 2.05) is 0 Å². The van der Waals surface area contributed by atoms with Gasteiger partial charge >= 0.3 is 0 Å². The average molecular weight is 186 g/mol. The quantitative estimate of drug-likeness (QED) is 0.587. The van der Waals surface area contributed by atoms with Gasteiger partial charge in [0.2, 0.25) is 0 Å². The van der Waals surface area contributed by atoms with Gasteiger partial charge in [-0.05, 0) is 37.0 Å². The molecule has 74 valence electrons. The van der Waals surface area contributed by atoms with Crippen LogP contribution in [0, 0.1) is 31.6 Å². The summed E-state index contributed by atoms with van der Waals surface area (Å²) in [5.41, 5.74) is 3.72. The molecule has 14 heavy (non-hydrogen) atoms. The van der Waals surface area contributed by atoms with Gasteiger partial charge in [0.15, 0.2) is 0 Å². The molecule has 0 saturated heterocycles. The summed E-state index contributed by atoms with van der Waals surface area (Å²) < 4.78 is 0. The molecular weight excluding hydrogens is 168 g/mol. The molecule has 0 atom stereocenters. The van der Waals surface area contributed by atoms with Crippen LogP contribution in [0.4, 0.5) is 0 Å². The van der Waals surface area contributed by atoms with Crippen molar-refractivity contribution in [2.24, 2.45) is 5.92 Å². The molecular formula is C14H18. The molecule has 0 nitrogen and oxygen atoms in total. The van der Waals surface area contributed by atoms with Crippen molar-refractivity contribution in [3.63, 3.8) is 0 Å². The van der Waals surface area contributed by atoms with E-state index in [9.17, 15) is 0 Å². The minimum absolute atomic E-state index is 0.660. The molecule has 0 aliphatic carbocycles. The lowest BCUT2D eigenvalue weighted by atomic mass is 10.1. The first-order valence-electron chi connectivity index (χ1n) is 5.15. The lowest BCUT2D eigenvalue weighted by Crippen LogP contribution is -1.85. The molecule has 0 aliphatic heterocycles. The van der Waals surface area contributed by atoms with Crippen LogP contribution in [-0.4, -0.2) is 0 Å². The summed E-state index contributed by atoms with van der Waals surface area (Å²) in [5.74, 6) is 7.11. The second kappa shape index (κ2) is 4.86. The van der Waals surface area contributed by atoms with Crippen LogP contribution in [0.1, 0.15) is 37.0 Å². The van der Waals surface area contributed by atoms with Crippen LogP contribution in [-0.2, 0) is 0 Å². The fraction of sp³-hybridized carbons (Fsp3) is 0.429. The Bertz CT molecular complexity index is 361. The first kappa shape index (κ1) is 10.9. The van der Waals surface area contributed by atoms with Crippen LogP contribution in [0.3, 0.4) is 0 Å². The molecule has 0 unspecified atom stereocenters. The summed E-state index contributed by atoms with van der Waals surface area (Å²) in [6, 6.07) is 6.42. The van der Waals surface area contributed by atoms with Crippen LogP contribution >= 0.6 is 0 Å². The van der Waals surface area contributed by atoms with E-state index in [1.165, 1.54) is 16.7 Å². The standard InChI is InChI=1S/C14H18/c1-11(2)6-5-7-14-10-12(3)8-9-13(14)4/h8-11H,6H2,1-4H3. The van der Waals surface area contributed by atoms with Gasteiger partial charge in [0.05, 0.1) is 0 Å². The molecule has 0 heterocycles. The molecule has 0 aliphatic rings. The Hall–Kier alpha value is -1.22. The van der Waals surface area contributed by atoms with Crippen molar-refractivity contribution in [2.75, 3.05) is 0 Å². The minimum Gasteiger partial charge on any atom is -0.0976 e. The Morgan fingerprint density at radius 2 is 1.93 bits per heavy atom. The fourth-order valence-electron chi connectivity index (χ4n) is 1.22. The smallest absolute Gasteiger partial charge is 0.0277 e. The zero-order valence-corrected chi connectivity index (χ0v) is 9.52. The Kier molecular flexibility index (Phi) is 3.77. The van der Waals surface area contributed by atoms with Crippen molar-refractivity contribution in [2.45, 2.75) is 34.1 Å². The summed E-state index contributed by atoms with van der Waals surface area (Å²) in [6.07, 6.45) is 0.980. The third-order valence-corrected chi connectivity index (χ3v) is 2.13. The Labute approximate surface area is 87.4 Å². The summed E-state index contributed by atoms with van der Waals surface area (Å²) in [4.78, 5) is 0. The number of hydrogen-bond donors (Lipinski definition) is 0. The van der Waals surface area contributed by atoms with Gasteiger partial charge < -0.3 is 0 Å². The Morgan fingerprint density at radius 1 is 1.21 bits per heavy atom. The van der Waals surface area contributed by atoms with Crippen LogP contribution in [0.25, 0.3) is 0 Å². The Balaban J connectivity index is 2.83. The van der Waals surface area contributed by atoms with Crippen molar-refractivity contribution >= 4 is 0 Å². The van der Waals surface area contributed by atoms with Crippen LogP contribution < -0.4 is 0 Å². The number of benzene rings is 1. The number of aryl methyl sites for hydroxylation is 2. The average Bonchev–Trinajstić information content (AvgIpc) is 2.10. The summed E-state index contributed by atoms with van der Waals surface area (Å²) in [7, 11) is 0. The topological polar surface area (TPSA) is 0 Å². The molecule has 1 rings (SSSR count). The van der Waals surface area contributed by atoms with Crippen LogP contribution in [0.2, 0.25) is 0 Å². The van der Waals surface area contributed by atoms with E-state index in [0.717, 1.165) is 6.42 Å². The molecule has 0 saturated carbocycles. The molecule has 0 amide bonds. The summed E-state index contributed by atoms with van der Waals surface area (Å²) >= 11 is 0. The van der Waals surface area contributed by atoms with E-state index < -0.39 is 0 Å². The zero-order valence-electron chi connectivity index (χ0n) is 9.52. The first-order chi connectivity index (χ1) is 6.59. The normalized spacial score (nSPS) is 9.79. The highest BCUT2D eigenvalue weighted by Gasteiger charge is 1.94. The van der Waals surface area contributed by atoms with Crippen molar-refractivity contribution < 1.29 is 0 Å². The van der Waals surface area contributed by atoms with Crippen molar-refractivity contribution in [3.8, 4) is 11.8 Å². The maximum Gasteiger partial charge on any atom is 0.0277 e. The number of hydrogen-bond acceptors (Lipinski definition) is 0. The van der Waals surface area contributed by atoms with E-state index in [4.69, 9.17) is 0 Å². The van der Waals surface area contributed by atoms with Gasteiger partial charge in [-0.25, -0.2) is 0 Å². The lowest BCUT2D eigenvalue weighted by molar-refractivity contribution is 0.676. The van der Waals surface area contributed by atoms with Gasteiger partial charge in [-0.2, -0.15) is 0 Å². The molecule has 1 aromatic rings. The van der Waals surface area contributed by atoms with Crippen molar-refractivity contribution in [3.05, 3.63) is 34.9 Å². The largest absolute Gasteiger partial charge is 0.0976 e. The van der Waals surface area contributed by atoms with E-state index >= 15 is 0 Å². The molecule has 0 fully saturated rings. The predicted octanol–water partition coefficient (Wildman–Crippen LogP) is 3.70. The third kappa shape index (κ3) is 3.26. The fourth-order valence-corrected chi connectivity index (χ4v) is 1.22. The van der Waals surface area contributed by atoms with E-state index in [-0.39, 0.29) is 0 Å². The molecule has 0 spiro atoms. The molecule has 0 N–H and O–H groups in total. The molecule has 1 aromatic carbocycles. The highest BCUT2D eigenvalue weighted by Crippen LogP contribution is 2.09. The lowest BCUT2D eigenvalue weighted by Gasteiger charge is -1.99. The second-order valence-corrected chi connectivity index (χ2v) is 4.22. The molecule has 0 heteroatoms. The van der Waals surface area contributed by atoms with Crippen LogP contribution in [0.15, 0.2) is 18.2 Å². The maximum absolute atomic E-state index is 3.24. The first-order valence-corrected chi connectivity index (χ1v) is 5.15. The zero-order chi connectivity index (χ0) is 10.6. The summed E-state index contributed by atoms with van der Waals surface area (Å²) in [6.45, 7) is 8.60. The SMILES string of the molecule is Cc1ccc(C)c(C#CCC(C)C)c1. The van der Waals surface area contributed by atoms with Gasteiger partial charge in [-0.15, -0.1) is 0 Å². The van der Waals surface area contributed by atoms with Gasteiger partial charge in [-0.1, -0.05) is 37.8 Å². The van der Waals surface area contributed by atoms with E-state index in [2.05, 4.69) is 57.7 Å². The molecule has 0 bridgehead atoms.